The molecule has 6 atom stereocenters. The maximum absolute atomic E-state index is 13.6. The van der Waals surface area contributed by atoms with Gasteiger partial charge in [0.25, 0.3) is 5.91 Å². The number of carbonyl (C=O) groups excluding carboxylic acids is 3. The van der Waals surface area contributed by atoms with Crippen LogP contribution < -0.4 is 4.90 Å². The second-order valence-corrected chi connectivity index (χ2v) is 9.48. The highest BCUT2D eigenvalue weighted by molar-refractivity contribution is 6.09. The van der Waals surface area contributed by atoms with Gasteiger partial charge in [0, 0.05) is 11.3 Å². The van der Waals surface area contributed by atoms with Crippen LogP contribution in [0.1, 0.15) is 22.3 Å². The molecule has 5 aliphatic rings. The molecule has 0 radical (unpaired) electrons. The topological polar surface area (TPSA) is 57.7 Å². The first-order valence-corrected chi connectivity index (χ1v) is 11.1. The number of hydrogen-bond donors (Lipinski definition) is 0. The van der Waals surface area contributed by atoms with Gasteiger partial charge in [-0.25, -0.2) is 4.39 Å². The summed E-state index contributed by atoms with van der Waals surface area (Å²) in [6, 6.07) is 12.7. The molecule has 0 N–H and O–H groups in total. The molecule has 2 saturated carbocycles. The molecule has 0 spiro atoms. The zero-order valence-corrected chi connectivity index (χ0v) is 17.6. The molecule has 7 rings (SSSR count). The maximum atomic E-state index is 13.6. The van der Waals surface area contributed by atoms with Crippen LogP contribution in [0.5, 0.6) is 0 Å². The van der Waals surface area contributed by atoms with Gasteiger partial charge in [0.05, 0.1) is 11.8 Å². The second kappa shape index (κ2) is 6.86. The smallest absolute Gasteiger partial charge is 0.259 e. The minimum atomic E-state index is -0.419. The number of rotatable bonds is 4. The van der Waals surface area contributed by atoms with Crippen molar-refractivity contribution < 1.29 is 18.8 Å². The third-order valence-corrected chi connectivity index (χ3v) is 7.72. The number of allylic oxidation sites excluding steroid dienone is 2. The predicted octanol–water partition coefficient (Wildman–Crippen LogP) is 3.79. The molecule has 3 fully saturated rings. The van der Waals surface area contributed by atoms with Crippen molar-refractivity contribution in [3.05, 3.63) is 77.6 Å². The Morgan fingerprint density at radius 2 is 1.50 bits per heavy atom. The minimum absolute atomic E-state index is 0.128. The van der Waals surface area contributed by atoms with Crippen LogP contribution in [-0.2, 0) is 9.59 Å². The van der Waals surface area contributed by atoms with Gasteiger partial charge < -0.3 is 0 Å². The van der Waals surface area contributed by atoms with Crippen molar-refractivity contribution in [1.29, 1.82) is 0 Å². The molecule has 1 aliphatic heterocycles. The van der Waals surface area contributed by atoms with Gasteiger partial charge in [0.1, 0.15) is 12.5 Å². The number of amides is 3. The summed E-state index contributed by atoms with van der Waals surface area (Å²) in [4.78, 5) is 42.9. The summed E-state index contributed by atoms with van der Waals surface area (Å²) in [6.07, 6.45) is 5.36. The van der Waals surface area contributed by atoms with Crippen LogP contribution in [0.2, 0.25) is 0 Å². The number of likely N-dealkylation sites (tertiary alicyclic amines) is 1. The Hall–Kier alpha value is -3.28. The zero-order valence-electron chi connectivity index (χ0n) is 17.6. The summed E-state index contributed by atoms with van der Waals surface area (Å²) >= 11 is 0. The molecule has 2 bridgehead atoms. The number of nitrogens with zero attached hydrogens (tertiary/aromatic N) is 2. The molecule has 2 aromatic rings. The quantitative estimate of drug-likeness (QED) is 0.548. The Balaban J connectivity index is 1.33. The van der Waals surface area contributed by atoms with E-state index in [1.54, 1.807) is 12.1 Å². The van der Waals surface area contributed by atoms with Crippen molar-refractivity contribution >= 4 is 23.4 Å². The van der Waals surface area contributed by atoms with E-state index in [2.05, 4.69) is 12.2 Å². The monoisotopic (exact) mass is 430 g/mol. The van der Waals surface area contributed by atoms with Gasteiger partial charge in [-0.1, -0.05) is 29.8 Å². The number of anilines is 1. The summed E-state index contributed by atoms with van der Waals surface area (Å²) in [5.74, 6) is -0.463. The largest absolute Gasteiger partial charge is 0.290 e. The lowest BCUT2D eigenvalue weighted by Crippen LogP contribution is -2.45. The molecule has 5 nitrogen and oxygen atoms in total. The second-order valence-electron chi connectivity index (χ2n) is 9.48. The molecule has 1 saturated heterocycles. The first-order chi connectivity index (χ1) is 15.4. The number of imide groups is 1. The van der Waals surface area contributed by atoms with Crippen LogP contribution in [0, 0.1) is 48.2 Å². The van der Waals surface area contributed by atoms with Crippen LogP contribution >= 0.6 is 0 Å². The summed E-state index contributed by atoms with van der Waals surface area (Å²) in [5.41, 5.74) is 1.90. The molecule has 0 aromatic heterocycles. The van der Waals surface area contributed by atoms with Crippen LogP contribution in [0.15, 0.2) is 60.7 Å². The van der Waals surface area contributed by atoms with E-state index >= 15 is 0 Å². The Morgan fingerprint density at radius 1 is 0.938 bits per heavy atom. The van der Waals surface area contributed by atoms with E-state index in [4.69, 9.17) is 0 Å². The summed E-state index contributed by atoms with van der Waals surface area (Å²) in [7, 11) is 0. The first-order valence-electron chi connectivity index (χ1n) is 11.1. The lowest BCUT2D eigenvalue weighted by atomic mass is 9.63. The molecule has 1 heterocycles. The summed E-state index contributed by atoms with van der Waals surface area (Å²) in [5, 5.41) is 0. The standard InChI is InChI=1S/C26H23FN2O3/c1-14-2-4-15(5-3-14)24(30)28(17-8-6-16(27)7-9-17)13-29-25(31)22-18-10-11-19(21-12-20(18)21)23(22)26(29)32/h2-11,18-23H,12-13H2,1H3. The fourth-order valence-corrected chi connectivity index (χ4v) is 6.04. The van der Waals surface area contributed by atoms with Crippen molar-refractivity contribution in [2.75, 3.05) is 11.6 Å². The summed E-state index contributed by atoms with van der Waals surface area (Å²) < 4.78 is 13.6. The van der Waals surface area contributed by atoms with Crippen LogP contribution in [0.25, 0.3) is 0 Å². The fourth-order valence-electron chi connectivity index (χ4n) is 6.04. The van der Waals surface area contributed by atoms with Gasteiger partial charge in [0.15, 0.2) is 0 Å². The molecular formula is C26H23FN2O3. The number of carbonyl (C=O) groups is 3. The lowest BCUT2D eigenvalue weighted by Gasteiger charge is -2.37. The first kappa shape index (κ1) is 19.4. The van der Waals surface area contributed by atoms with E-state index in [0.717, 1.165) is 12.0 Å². The molecule has 6 heteroatoms. The Kier molecular flexibility index (Phi) is 4.16. The number of hydrogen-bond acceptors (Lipinski definition) is 3. The van der Waals surface area contributed by atoms with Crippen LogP contribution in [0.4, 0.5) is 10.1 Å². The zero-order chi connectivity index (χ0) is 22.1. The van der Waals surface area contributed by atoms with Crippen molar-refractivity contribution in [1.82, 2.24) is 4.90 Å². The third-order valence-electron chi connectivity index (χ3n) is 7.72. The van der Waals surface area contributed by atoms with Crippen LogP contribution in [-0.4, -0.2) is 29.3 Å². The van der Waals surface area contributed by atoms with Crippen LogP contribution in [0.3, 0.4) is 0 Å². The lowest BCUT2D eigenvalue weighted by molar-refractivity contribution is -0.140. The Labute approximate surface area is 185 Å². The average Bonchev–Trinajstić information content (AvgIpc) is 3.58. The maximum Gasteiger partial charge on any atom is 0.259 e. The van der Waals surface area contributed by atoms with Gasteiger partial charge in [0.2, 0.25) is 11.8 Å². The van der Waals surface area contributed by atoms with Crippen molar-refractivity contribution in [2.24, 2.45) is 35.5 Å². The SMILES string of the molecule is Cc1ccc(C(=O)N(CN2C(=O)C3C4C=CC(C5CC45)C3C2=O)c2ccc(F)cc2)cc1. The third kappa shape index (κ3) is 2.78. The van der Waals surface area contributed by atoms with Crippen molar-refractivity contribution in [2.45, 2.75) is 13.3 Å². The van der Waals surface area contributed by atoms with E-state index in [9.17, 15) is 18.8 Å². The Morgan fingerprint density at radius 3 is 2.06 bits per heavy atom. The van der Waals surface area contributed by atoms with Crippen molar-refractivity contribution in [3.63, 3.8) is 0 Å². The number of benzene rings is 2. The van der Waals surface area contributed by atoms with E-state index in [1.165, 1.54) is 34.1 Å². The highest BCUT2D eigenvalue weighted by Crippen LogP contribution is 2.65. The molecule has 162 valence electrons. The highest BCUT2D eigenvalue weighted by atomic mass is 19.1. The van der Waals surface area contributed by atoms with E-state index in [1.807, 2.05) is 19.1 Å². The van der Waals surface area contributed by atoms with Gasteiger partial charge >= 0.3 is 0 Å². The minimum Gasteiger partial charge on any atom is -0.290 e. The Bertz CT molecular complexity index is 1120. The van der Waals surface area contributed by atoms with E-state index < -0.39 is 5.82 Å². The van der Waals surface area contributed by atoms with Gasteiger partial charge in [-0.05, 0) is 73.4 Å². The molecule has 3 amide bonds. The molecule has 4 aliphatic carbocycles. The molecular weight excluding hydrogens is 407 g/mol. The molecule has 2 aromatic carbocycles. The van der Waals surface area contributed by atoms with E-state index in [-0.39, 0.29) is 48.1 Å². The highest BCUT2D eigenvalue weighted by Gasteiger charge is 2.67. The molecule has 6 unspecified atom stereocenters. The van der Waals surface area contributed by atoms with Gasteiger partial charge in [-0.3, -0.25) is 24.2 Å². The molecule has 32 heavy (non-hydrogen) atoms. The van der Waals surface area contributed by atoms with E-state index in [0.29, 0.717) is 23.1 Å². The van der Waals surface area contributed by atoms with Crippen molar-refractivity contribution in [3.8, 4) is 0 Å². The predicted molar refractivity (Wildman–Crippen MR) is 116 cm³/mol. The van der Waals surface area contributed by atoms with Gasteiger partial charge in [-0.2, -0.15) is 0 Å². The van der Waals surface area contributed by atoms with Gasteiger partial charge in [-0.15, -0.1) is 0 Å². The number of aryl methyl sites for hydroxylation is 1. The average molecular weight is 430 g/mol. The summed E-state index contributed by atoms with van der Waals surface area (Å²) in [6.45, 7) is 1.76. The normalized spacial score (nSPS) is 31.5. The fraction of sp³-hybridized carbons (Fsp3) is 0.346. The number of halogens is 1.